The van der Waals surface area contributed by atoms with Crippen molar-refractivity contribution >= 4 is 11.8 Å². The summed E-state index contributed by atoms with van der Waals surface area (Å²) in [5.41, 5.74) is 0. The lowest BCUT2D eigenvalue weighted by molar-refractivity contribution is -0.137. The summed E-state index contributed by atoms with van der Waals surface area (Å²) in [7, 11) is 0. The number of carbonyl (C=O) groups is 2. The van der Waals surface area contributed by atoms with Gasteiger partial charge >= 0.3 is 5.97 Å². The number of carboxylic acids is 1. The molecule has 0 unspecified atom stereocenters. The van der Waals surface area contributed by atoms with Gasteiger partial charge in [-0.05, 0) is 19.3 Å². The van der Waals surface area contributed by atoms with Gasteiger partial charge in [-0.2, -0.15) is 0 Å². The summed E-state index contributed by atoms with van der Waals surface area (Å²) in [6.45, 7) is 2.13. The van der Waals surface area contributed by atoms with E-state index in [2.05, 4.69) is 6.92 Å². The molecule has 0 aliphatic heterocycles. The number of Topliss-reactive ketones (excluding diaryl/α,β-unsaturated/α-hetero) is 1. The second-order valence-corrected chi connectivity index (χ2v) is 7.92. The minimum atomic E-state index is -0.733. The molecule has 0 bridgehead atoms. The third kappa shape index (κ3) is 10.1. The normalized spacial score (nSPS) is 24.0. The van der Waals surface area contributed by atoms with Crippen molar-refractivity contribution in [3.63, 3.8) is 0 Å². The smallest absolute Gasteiger partial charge is 0.303 e. The summed E-state index contributed by atoms with van der Waals surface area (Å²) in [5, 5.41) is 28.8. The number of carboxylic acid groups (broad SMARTS) is 1. The van der Waals surface area contributed by atoms with Crippen LogP contribution < -0.4 is 0 Å². The second kappa shape index (κ2) is 13.9. The highest BCUT2D eigenvalue weighted by molar-refractivity contribution is 5.84. The van der Waals surface area contributed by atoms with Crippen LogP contribution in [-0.4, -0.2) is 39.3 Å². The predicted octanol–water partition coefficient (Wildman–Crippen LogP) is 4.26. The van der Waals surface area contributed by atoms with Crippen LogP contribution in [0.25, 0.3) is 0 Å². The van der Waals surface area contributed by atoms with Gasteiger partial charge in [-0.25, -0.2) is 0 Å². The molecule has 4 atom stereocenters. The van der Waals surface area contributed by atoms with E-state index in [1.165, 1.54) is 0 Å². The molecule has 0 spiro atoms. The molecular formula is C22H38O5. The van der Waals surface area contributed by atoms with Gasteiger partial charge in [-0.15, -0.1) is 0 Å². The zero-order valence-corrected chi connectivity index (χ0v) is 16.8. The number of aliphatic hydroxyl groups excluding tert-OH is 2. The number of aliphatic carboxylic acids is 1. The first-order chi connectivity index (χ1) is 13.0. The topological polar surface area (TPSA) is 94.8 Å². The van der Waals surface area contributed by atoms with Crippen LogP contribution in [0.4, 0.5) is 0 Å². The molecule has 5 heteroatoms. The Balaban J connectivity index is 2.30. The fourth-order valence-corrected chi connectivity index (χ4v) is 3.90. The summed E-state index contributed by atoms with van der Waals surface area (Å²) < 4.78 is 0. The van der Waals surface area contributed by atoms with E-state index < -0.39 is 18.2 Å². The van der Waals surface area contributed by atoms with E-state index >= 15 is 0 Å². The third-order valence-electron chi connectivity index (χ3n) is 5.55. The molecule has 1 aliphatic rings. The highest BCUT2D eigenvalue weighted by Crippen LogP contribution is 2.34. The molecule has 1 saturated carbocycles. The van der Waals surface area contributed by atoms with Gasteiger partial charge in [0.2, 0.25) is 0 Å². The monoisotopic (exact) mass is 382 g/mol. The fourth-order valence-electron chi connectivity index (χ4n) is 3.90. The molecule has 1 rings (SSSR count). The maximum atomic E-state index is 12.2. The zero-order chi connectivity index (χ0) is 20.1. The molecule has 0 radical (unpaired) electrons. The molecule has 0 heterocycles. The van der Waals surface area contributed by atoms with Crippen molar-refractivity contribution in [1.82, 2.24) is 0 Å². The average molecular weight is 383 g/mol. The molecule has 0 saturated heterocycles. The van der Waals surface area contributed by atoms with Gasteiger partial charge in [0, 0.05) is 24.7 Å². The summed E-state index contributed by atoms with van der Waals surface area (Å²) >= 11 is 0. The van der Waals surface area contributed by atoms with Gasteiger partial charge in [0.25, 0.3) is 0 Å². The SMILES string of the molecule is CCCCC[C@H](O)/C=C/[C@H]1[C@H](O)CC(=O)[C@H]1CCCCCCCCC(=O)O. The summed E-state index contributed by atoms with van der Waals surface area (Å²) in [4.78, 5) is 22.7. The largest absolute Gasteiger partial charge is 0.481 e. The van der Waals surface area contributed by atoms with Crippen molar-refractivity contribution in [2.75, 3.05) is 0 Å². The first-order valence-corrected chi connectivity index (χ1v) is 10.7. The van der Waals surface area contributed by atoms with E-state index in [1.807, 2.05) is 6.08 Å². The minimum absolute atomic E-state index is 0.133. The highest BCUT2D eigenvalue weighted by Gasteiger charge is 2.39. The Bertz CT molecular complexity index is 460. The van der Waals surface area contributed by atoms with Gasteiger partial charge in [0.1, 0.15) is 5.78 Å². The molecule has 1 fully saturated rings. The molecule has 0 aromatic rings. The van der Waals surface area contributed by atoms with E-state index in [0.29, 0.717) is 0 Å². The van der Waals surface area contributed by atoms with Crippen molar-refractivity contribution in [2.24, 2.45) is 11.8 Å². The van der Waals surface area contributed by atoms with Crippen LogP contribution in [0.2, 0.25) is 0 Å². The zero-order valence-electron chi connectivity index (χ0n) is 16.8. The number of ketones is 1. The molecule has 5 nitrogen and oxygen atoms in total. The van der Waals surface area contributed by atoms with E-state index in [4.69, 9.17) is 5.11 Å². The average Bonchev–Trinajstić information content (AvgIpc) is 2.88. The molecule has 156 valence electrons. The predicted molar refractivity (Wildman–Crippen MR) is 106 cm³/mol. The van der Waals surface area contributed by atoms with Crippen LogP contribution in [0.5, 0.6) is 0 Å². The Morgan fingerprint density at radius 2 is 1.78 bits per heavy atom. The molecule has 0 amide bonds. The Morgan fingerprint density at radius 3 is 2.44 bits per heavy atom. The third-order valence-corrected chi connectivity index (χ3v) is 5.55. The van der Waals surface area contributed by atoms with Crippen molar-refractivity contribution in [2.45, 2.75) is 103 Å². The minimum Gasteiger partial charge on any atom is -0.481 e. The standard InChI is InChI=1S/C22H38O5/c1-2-3-8-11-17(23)14-15-19-18(20(24)16-21(19)25)12-9-6-4-5-7-10-13-22(26)27/h14-15,17-19,21,23,25H,2-13,16H2,1H3,(H,26,27)/b15-14+/t17-,18-,19+,21+/m0/s1. The van der Waals surface area contributed by atoms with Gasteiger partial charge in [-0.3, -0.25) is 9.59 Å². The molecular weight excluding hydrogens is 344 g/mol. The Hall–Kier alpha value is -1.20. The van der Waals surface area contributed by atoms with Crippen LogP contribution in [0.3, 0.4) is 0 Å². The van der Waals surface area contributed by atoms with E-state index in [9.17, 15) is 19.8 Å². The van der Waals surface area contributed by atoms with Crippen LogP contribution in [0.1, 0.15) is 90.4 Å². The maximum absolute atomic E-state index is 12.2. The Morgan fingerprint density at radius 1 is 1.11 bits per heavy atom. The van der Waals surface area contributed by atoms with E-state index in [-0.39, 0.29) is 30.5 Å². The first-order valence-electron chi connectivity index (χ1n) is 10.7. The van der Waals surface area contributed by atoms with Crippen molar-refractivity contribution < 1.29 is 24.9 Å². The number of rotatable bonds is 15. The lowest BCUT2D eigenvalue weighted by atomic mass is 9.88. The molecule has 1 aliphatic carbocycles. The molecule has 27 heavy (non-hydrogen) atoms. The van der Waals surface area contributed by atoms with Crippen LogP contribution in [-0.2, 0) is 9.59 Å². The summed E-state index contributed by atoms with van der Waals surface area (Å²) in [6, 6.07) is 0. The lowest BCUT2D eigenvalue weighted by Gasteiger charge is -2.18. The van der Waals surface area contributed by atoms with E-state index in [0.717, 1.165) is 70.6 Å². The number of unbranched alkanes of at least 4 members (excludes halogenated alkanes) is 7. The number of carbonyl (C=O) groups excluding carboxylic acids is 1. The van der Waals surface area contributed by atoms with E-state index in [1.54, 1.807) is 6.08 Å². The summed E-state index contributed by atoms with van der Waals surface area (Å²) in [6.07, 6.45) is 13.4. The van der Waals surface area contributed by atoms with Crippen LogP contribution in [0.15, 0.2) is 12.2 Å². The quantitative estimate of drug-likeness (QED) is 0.291. The highest BCUT2D eigenvalue weighted by atomic mass is 16.4. The lowest BCUT2D eigenvalue weighted by Crippen LogP contribution is -2.19. The molecule has 0 aromatic carbocycles. The maximum Gasteiger partial charge on any atom is 0.303 e. The van der Waals surface area contributed by atoms with Crippen molar-refractivity contribution in [3.05, 3.63) is 12.2 Å². The Kier molecular flexibility index (Phi) is 12.3. The fraction of sp³-hybridized carbons (Fsp3) is 0.818. The number of hydrogen-bond donors (Lipinski definition) is 3. The summed E-state index contributed by atoms with van der Waals surface area (Å²) in [5.74, 6) is -0.901. The molecule has 3 N–H and O–H groups in total. The number of aliphatic hydroxyl groups is 2. The van der Waals surface area contributed by atoms with Crippen LogP contribution in [0, 0.1) is 11.8 Å². The van der Waals surface area contributed by atoms with Gasteiger partial charge in [0.05, 0.1) is 12.2 Å². The van der Waals surface area contributed by atoms with Gasteiger partial charge in [-0.1, -0.05) is 70.4 Å². The van der Waals surface area contributed by atoms with Gasteiger partial charge < -0.3 is 15.3 Å². The van der Waals surface area contributed by atoms with Crippen molar-refractivity contribution in [1.29, 1.82) is 0 Å². The van der Waals surface area contributed by atoms with Crippen molar-refractivity contribution in [3.8, 4) is 0 Å². The second-order valence-electron chi connectivity index (χ2n) is 7.92. The Labute approximate surface area is 163 Å². The van der Waals surface area contributed by atoms with Gasteiger partial charge in [0.15, 0.2) is 0 Å². The first kappa shape index (κ1) is 23.8. The van der Waals surface area contributed by atoms with Crippen LogP contribution >= 0.6 is 0 Å². The number of hydrogen-bond acceptors (Lipinski definition) is 4. The molecule has 0 aromatic heterocycles.